The molecule has 0 aromatic rings. The summed E-state index contributed by atoms with van der Waals surface area (Å²) in [7, 11) is 0. The maximum Gasteiger partial charge on any atom is 0.224 e. The summed E-state index contributed by atoms with van der Waals surface area (Å²) in [5.41, 5.74) is 0. The van der Waals surface area contributed by atoms with Crippen molar-refractivity contribution in [3.63, 3.8) is 0 Å². The van der Waals surface area contributed by atoms with Gasteiger partial charge in [-0.1, -0.05) is 6.08 Å². The molecule has 0 aliphatic heterocycles. The van der Waals surface area contributed by atoms with Crippen molar-refractivity contribution < 1.29 is 14.7 Å². The van der Waals surface area contributed by atoms with Crippen LogP contribution in [-0.4, -0.2) is 18.4 Å². The number of carbonyl (C=O) groups excluding carboxylic acids is 2. The summed E-state index contributed by atoms with van der Waals surface area (Å²) in [5.74, 6) is -1.80. The Morgan fingerprint density at radius 3 is 2.50 bits per heavy atom. The van der Waals surface area contributed by atoms with Gasteiger partial charge in [0, 0.05) is 24.3 Å². The molecule has 2 aliphatic carbocycles. The van der Waals surface area contributed by atoms with Crippen LogP contribution < -0.4 is 10.4 Å². The molecule has 0 saturated heterocycles. The number of amides is 1. The van der Waals surface area contributed by atoms with Crippen molar-refractivity contribution in [2.45, 2.75) is 19.3 Å². The number of fused-ring (bicyclic) bond motifs is 2. The van der Waals surface area contributed by atoms with E-state index in [0.29, 0.717) is 6.54 Å². The summed E-state index contributed by atoms with van der Waals surface area (Å²) in [6, 6.07) is 0. The van der Waals surface area contributed by atoms with Gasteiger partial charge in [-0.3, -0.25) is 4.79 Å². The zero-order chi connectivity index (χ0) is 11.7. The van der Waals surface area contributed by atoms with E-state index in [0.717, 1.165) is 19.3 Å². The summed E-state index contributed by atoms with van der Waals surface area (Å²) in [5, 5.41) is 13.8. The lowest BCUT2D eigenvalue weighted by atomic mass is 9.79. The Balaban J connectivity index is 2.09. The van der Waals surface area contributed by atoms with E-state index in [1.165, 1.54) is 0 Å². The van der Waals surface area contributed by atoms with Crippen molar-refractivity contribution in [3.05, 3.63) is 12.7 Å². The Hall–Kier alpha value is -1.32. The van der Waals surface area contributed by atoms with E-state index in [1.807, 2.05) is 0 Å². The van der Waals surface area contributed by atoms with Crippen molar-refractivity contribution >= 4 is 11.9 Å². The fraction of sp³-hybridized carbons (Fsp3) is 0.667. The Morgan fingerprint density at radius 1 is 1.31 bits per heavy atom. The zero-order valence-electron chi connectivity index (χ0n) is 9.15. The second-order valence-corrected chi connectivity index (χ2v) is 4.74. The average molecular weight is 222 g/mol. The van der Waals surface area contributed by atoms with Crippen LogP contribution in [0.25, 0.3) is 0 Å². The van der Waals surface area contributed by atoms with Crippen molar-refractivity contribution in [1.82, 2.24) is 5.32 Å². The predicted molar refractivity (Wildman–Crippen MR) is 56.0 cm³/mol. The minimum Gasteiger partial charge on any atom is -0.550 e. The van der Waals surface area contributed by atoms with Gasteiger partial charge >= 0.3 is 0 Å². The molecular formula is C12H16NO3-. The SMILES string of the molecule is C=CCNC(=O)[C@H]1[C@H]2CC[C@@H](C2)[C@@H]1C(=O)[O-]. The van der Waals surface area contributed by atoms with Gasteiger partial charge in [0.05, 0.1) is 0 Å². The molecule has 0 spiro atoms. The van der Waals surface area contributed by atoms with Gasteiger partial charge in [-0.25, -0.2) is 0 Å². The van der Waals surface area contributed by atoms with Gasteiger partial charge in [-0.15, -0.1) is 6.58 Å². The lowest BCUT2D eigenvalue weighted by Crippen LogP contribution is -2.45. The van der Waals surface area contributed by atoms with Crippen molar-refractivity contribution in [3.8, 4) is 0 Å². The van der Waals surface area contributed by atoms with E-state index in [1.54, 1.807) is 6.08 Å². The maximum absolute atomic E-state index is 11.9. The van der Waals surface area contributed by atoms with Gasteiger partial charge in [-0.2, -0.15) is 0 Å². The highest BCUT2D eigenvalue weighted by Gasteiger charge is 2.51. The minimum atomic E-state index is -1.06. The molecule has 0 heterocycles. The first-order valence-electron chi connectivity index (χ1n) is 5.74. The van der Waals surface area contributed by atoms with Gasteiger partial charge < -0.3 is 15.2 Å². The third-order valence-corrected chi connectivity index (χ3v) is 3.91. The van der Waals surface area contributed by atoms with Gasteiger partial charge in [0.25, 0.3) is 0 Å². The van der Waals surface area contributed by atoms with Crippen LogP contribution in [0.2, 0.25) is 0 Å². The first-order chi connectivity index (χ1) is 7.65. The number of nitrogens with one attached hydrogen (secondary N) is 1. The van der Waals surface area contributed by atoms with Crippen LogP contribution in [-0.2, 0) is 9.59 Å². The van der Waals surface area contributed by atoms with E-state index >= 15 is 0 Å². The lowest BCUT2D eigenvalue weighted by Gasteiger charge is -2.30. The Bertz CT molecular complexity index is 326. The van der Waals surface area contributed by atoms with E-state index in [-0.39, 0.29) is 23.7 Å². The van der Waals surface area contributed by atoms with Gasteiger partial charge in [-0.05, 0) is 31.1 Å². The van der Waals surface area contributed by atoms with E-state index in [2.05, 4.69) is 11.9 Å². The molecule has 16 heavy (non-hydrogen) atoms. The number of rotatable bonds is 4. The van der Waals surface area contributed by atoms with Crippen molar-refractivity contribution in [1.29, 1.82) is 0 Å². The second kappa shape index (κ2) is 4.28. The van der Waals surface area contributed by atoms with Crippen LogP contribution in [0, 0.1) is 23.7 Å². The number of carboxylic acid groups (broad SMARTS) is 1. The molecule has 1 N–H and O–H groups in total. The van der Waals surface area contributed by atoms with Crippen LogP contribution in [0.3, 0.4) is 0 Å². The van der Waals surface area contributed by atoms with Crippen molar-refractivity contribution in [2.75, 3.05) is 6.54 Å². The summed E-state index contributed by atoms with van der Waals surface area (Å²) < 4.78 is 0. The molecule has 2 bridgehead atoms. The molecule has 4 atom stereocenters. The van der Waals surface area contributed by atoms with Gasteiger partial charge in [0.15, 0.2) is 0 Å². The Kier molecular flexibility index (Phi) is 2.99. The first-order valence-corrected chi connectivity index (χ1v) is 5.74. The highest BCUT2D eigenvalue weighted by atomic mass is 16.4. The fourth-order valence-electron chi connectivity index (χ4n) is 3.30. The third kappa shape index (κ3) is 1.72. The van der Waals surface area contributed by atoms with Crippen LogP contribution in [0.1, 0.15) is 19.3 Å². The molecule has 0 aromatic heterocycles. The number of hydrogen-bond acceptors (Lipinski definition) is 3. The van der Waals surface area contributed by atoms with Gasteiger partial charge in [0.1, 0.15) is 0 Å². The summed E-state index contributed by atoms with van der Waals surface area (Å²) >= 11 is 0. The van der Waals surface area contributed by atoms with Crippen LogP contribution >= 0.6 is 0 Å². The smallest absolute Gasteiger partial charge is 0.224 e. The van der Waals surface area contributed by atoms with E-state index in [9.17, 15) is 14.7 Å². The van der Waals surface area contributed by atoms with Crippen LogP contribution in [0.5, 0.6) is 0 Å². The van der Waals surface area contributed by atoms with E-state index in [4.69, 9.17) is 0 Å². The summed E-state index contributed by atoms with van der Waals surface area (Å²) in [6.07, 6.45) is 4.36. The normalized spacial score (nSPS) is 36.0. The molecule has 0 unspecified atom stereocenters. The Morgan fingerprint density at radius 2 is 1.94 bits per heavy atom. The third-order valence-electron chi connectivity index (χ3n) is 3.91. The molecule has 1 amide bonds. The topological polar surface area (TPSA) is 69.2 Å². The summed E-state index contributed by atoms with van der Waals surface area (Å²) in [6.45, 7) is 3.91. The minimum absolute atomic E-state index is 0.148. The first kappa shape index (κ1) is 11.2. The molecule has 4 heteroatoms. The summed E-state index contributed by atoms with van der Waals surface area (Å²) in [4.78, 5) is 22.9. The molecule has 2 aliphatic rings. The highest BCUT2D eigenvalue weighted by molar-refractivity contribution is 5.85. The van der Waals surface area contributed by atoms with Crippen LogP contribution in [0.15, 0.2) is 12.7 Å². The molecular weight excluding hydrogens is 206 g/mol. The van der Waals surface area contributed by atoms with E-state index < -0.39 is 11.9 Å². The fourth-order valence-corrected chi connectivity index (χ4v) is 3.30. The molecule has 4 nitrogen and oxygen atoms in total. The number of carbonyl (C=O) groups is 2. The highest BCUT2D eigenvalue weighted by Crippen LogP contribution is 2.52. The molecule has 2 rings (SSSR count). The maximum atomic E-state index is 11.9. The molecule has 2 saturated carbocycles. The molecule has 88 valence electrons. The second-order valence-electron chi connectivity index (χ2n) is 4.74. The average Bonchev–Trinajstić information content (AvgIpc) is 2.84. The largest absolute Gasteiger partial charge is 0.550 e. The number of carboxylic acids is 1. The standard InChI is InChI=1S/C12H17NO3/c1-2-5-13-11(14)9-7-3-4-8(6-7)10(9)12(15)16/h2,7-10H,1,3-6H2,(H,13,14)(H,15,16)/p-1/t7-,8-,9-,10-/m0/s1. The lowest BCUT2D eigenvalue weighted by molar-refractivity contribution is -0.314. The quantitative estimate of drug-likeness (QED) is 0.664. The Labute approximate surface area is 94.7 Å². The molecule has 0 aromatic carbocycles. The predicted octanol–water partition coefficient (Wildman–Crippen LogP) is -0.299. The number of hydrogen-bond donors (Lipinski definition) is 1. The van der Waals surface area contributed by atoms with Gasteiger partial charge in [0.2, 0.25) is 5.91 Å². The molecule has 0 radical (unpaired) electrons. The van der Waals surface area contributed by atoms with Crippen LogP contribution in [0.4, 0.5) is 0 Å². The number of aliphatic carboxylic acids is 1. The van der Waals surface area contributed by atoms with Crippen molar-refractivity contribution in [2.24, 2.45) is 23.7 Å². The zero-order valence-corrected chi connectivity index (χ0v) is 9.15. The monoisotopic (exact) mass is 222 g/mol. The molecule has 2 fully saturated rings.